The molecule has 0 aliphatic carbocycles. The molecule has 0 radical (unpaired) electrons. The van der Waals surface area contributed by atoms with Crippen LogP contribution in [-0.4, -0.2) is 59.7 Å². The minimum absolute atomic E-state index is 0.129. The average molecular weight is 538 g/mol. The number of carbonyl (C=O) groups excluding carboxylic acids is 3. The molecule has 0 bridgehead atoms. The number of carbonyl (C=O) groups is 3. The Balaban J connectivity index is 2.04. The maximum atomic E-state index is 13.5. The second kappa shape index (κ2) is 9.90. The van der Waals surface area contributed by atoms with Gasteiger partial charge in [-0.2, -0.15) is 5.26 Å². The Morgan fingerprint density at radius 3 is 2.31 bits per heavy atom. The zero-order valence-electron chi connectivity index (χ0n) is 17.3. The Morgan fingerprint density at radius 2 is 1.78 bits per heavy atom. The fraction of sp³-hybridized carbons (Fsp3) is 0.273. The highest BCUT2D eigenvalue weighted by Crippen LogP contribution is 2.35. The van der Waals surface area contributed by atoms with Gasteiger partial charge in [0, 0.05) is 36.6 Å². The lowest BCUT2D eigenvalue weighted by Gasteiger charge is -2.30. The third kappa shape index (κ3) is 4.75. The molecule has 1 aliphatic heterocycles. The molecule has 4 amide bonds. The van der Waals surface area contributed by atoms with Gasteiger partial charge in [0.25, 0.3) is 5.91 Å². The SMILES string of the molecule is CN(CC(c1ccc(C#N)cc1)C1C(=O)N(c2cc(Cl)cc(Cl)c2)C(=O)N1C)C(=O)CBr. The van der Waals surface area contributed by atoms with Crippen molar-refractivity contribution in [2.45, 2.75) is 12.0 Å². The largest absolute Gasteiger partial charge is 0.344 e. The summed E-state index contributed by atoms with van der Waals surface area (Å²) in [6.07, 6.45) is 0. The molecule has 2 aromatic rings. The van der Waals surface area contributed by atoms with Crippen LogP contribution in [0, 0.1) is 11.3 Å². The van der Waals surface area contributed by atoms with Crippen LogP contribution in [0.3, 0.4) is 0 Å². The summed E-state index contributed by atoms with van der Waals surface area (Å²) in [6.45, 7) is 0.189. The van der Waals surface area contributed by atoms with E-state index in [4.69, 9.17) is 28.5 Å². The molecule has 166 valence electrons. The van der Waals surface area contributed by atoms with Crippen LogP contribution < -0.4 is 4.90 Å². The van der Waals surface area contributed by atoms with Crippen LogP contribution in [0.5, 0.6) is 0 Å². The van der Waals surface area contributed by atoms with E-state index in [1.54, 1.807) is 38.4 Å². The summed E-state index contributed by atoms with van der Waals surface area (Å²) in [6, 6.07) is 11.9. The summed E-state index contributed by atoms with van der Waals surface area (Å²) < 4.78 is 0. The Morgan fingerprint density at radius 1 is 1.19 bits per heavy atom. The first kappa shape index (κ1) is 24.1. The molecule has 3 rings (SSSR count). The van der Waals surface area contributed by atoms with Crippen molar-refractivity contribution in [3.63, 3.8) is 0 Å². The molecule has 32 heavy (non-hydrogen) atoms. The monoisotopic (exact) mass is 536 g/mol. The zero-order chi connectivity index (χ0) is 23.6. The summed E-state index contributed by atoms with van der Waals surface area (Å²) in [5, 5.41) is 9.83. The molecule has 2 aromatic carbocycles. The smallest absolute Gasteiger partial charge is 0.331 e. The number of alkyl halides is 1. The van der Waals surface area contributed by atoms with Crippen LogP contribution in [0.4, 0.5) is 10.5 Å². The second-order valence-corrected chi connectivity index (χ2v) is 8.82. The maximum absolute atomic E-state index is 13.5. The molecule has 2 atom stereocenters. The predicted octanol–water partition coefficient (Wildman–Crippen LogP) is 4.27. The summed E-state index contributed by atoms with van der Waals surface area (Å²) in [7, 11) is 3.18. The number of hydrogen-bond donors (Lipinski definition) is 0. The number of likely N-dealkylation sites (N-methyl/N-ethyl adjacent to an activating group) is 2. The number of rotatable bonds is 6. The van der Waals surface area contributed by atoms with Gasteiger partial charge in [-0.3, -0.25) is 9.59 Å². The molecule has 0 spiro atoms. The number of nitrogens with zero attached hydrogens (tertiary/aromatic N) is 4. The quantitative estimate of drug-likeness (QED) is 0.407. The zero-order valence-corrected chi connectivity index (χ0v) is 20.4. The summed E-state index contributed by atoms with van der Waals surface area (Å²) in [5.74, 6) is -1.15. The van der Waals surface area contributed by atoms with Crippen LogP contribution in [0.25, 0.3) is 0 Å². The van der Waals surface area contributed by atoms with E-state index in [9.17, 15) is 14.4 Å². The molecule has 1 aliphatic rings. The molecular weight excluding hydrogens is 519 g/mol. The van der Waals surface area contributed by atoms with Gasteiger partial charge in [0.05, 0.1) is 22.7 Å². The lowest BCUT2D eigenvalue weighted by Crippen LogP contribution is -2.43. The van der Waals surface area contributed by atoms with E-state index < -0.39 is 23.9 Å². The Hall–Kier alpha value is -2.60. The number of hydrogen-bond acceptors (Lipinski definition) is 4. The van der Waals surface area contributed by atoms with Crippen LogP contribution in [-0.2, 0) is 9.59 Å². The van der Waals surface area contributed by atoms with Crippen molar-refractivity contribution in [1.29, 1.82) is 5.26 Å². The van der Waals surface area contributed by atoms with Crippen molar-refractivity contribution in [2.24, 2.45) is 0 Å². The Bertz CT molecular complexity index is 1080. The molecule has 1 fully saturated rings. The van der Waals surface area contributed by atoms with E-state index >= 15 is 0 Å². The van der Waals surface area contributed by atoms with E-state index in [1.807, 2.05) is 0 Å². The van der Waals surface area contributed by atoms with Gasteiger partial charge in [-0.1, -0.05) is 51.3 Å². The molecule has 1 heterocycles. The molecule has 7 nitrogen and oxygen atoms in total. The molecule has 0 N–H and O–H groups in total. The molecule has 2 unspecified atom stereocenters. The van der Waals surface area contributed by atoms with Gasteiger partial charge in [0.2, 0.25) is 5.91 Å². The molecule has 0 aromatic heterocycles. The fourth-order valence-electron chi connectivity index (χ4n) is 3.71. The van der Waals surface area contributed by atoms with E-state index in [0.29, 0.717) is 15.6 Å². The number of anilines is 1. The fourth-order valence-corrected chi connectivity index (χ4v) is 4.65. The van der Waals surface area contributed by atoms with Gasteiger partial charge >= 0.3 is 6.03 Å². The molecule has 1 saturated heterocycles. The van der Waals surface area contributed by atoms with Gasteiger partial charge in [0.1, 0.15) is 6.04 Å². The second-order valence-electron chi connectivity index (χ2n) is 7.39. The minimum Gasteiger partial charge on any atom is -0.344 e. The van der Waals surface area contributed by atoms with Crippen molar-refractivity contribution in [3.8, 4) is 6.07 Å². The standard InChI is InChI=1S/C22H19BrCl2N4O3/c1-27(19(30)10-23)12-18(14-5-3-13(11-26)4-6-14)20-21(31)29(22(32)28(20)2)17-8-15(24)7-16(25)9-17/h3-9,18,20H,10,12H2,1-2H3. The van der Waals surface area contributed by atoms with Crippen molar-refractivity contribution in [2.75, 3.05) is 30.9 Å². The van der Waals surface area contributed by atoms with E-state index in [2.05, 4.69) is 22.0 Å². The van der Waals surface area contributed by atoms with Crippen molar-refractivity contribution in [1.82, 2.24) is 9.80 Å². The number of imide groups is 1. The van der Waals surface area contributed by atoms with E-state index in [0.717, 1.165) is 10.5 Å². The first-order valence-corrected chi connectivity index (χ1v) is 11.4. The number of urea groups is 1. The van der Waals surface area contributed by atoms with Crippen molar-refractivity contribution >= 4 is 62.7 Å². The van der Waals surface area contributed by atoms with Crippen LogP contribution in [0.1, 0.15) is 17.0 Å². The first-order valence-electron chi connectivity index (χ1n) is 9.54. The topological polar surface area (TPSA) is 84.7 Å². The first-order chi connectivity index (χ1) is 15.2. The van der Waals surface area contributed by atoms with Gasteiger partial charge in [0.15, 0.2) is 0 Å². The van der Waals surface area contributed by atoms with Crippen LogP contribution >= 0.6 is 39.1 Å². The maximum Gasteiger partial charge on any atom is 0.331 e. The highest BCUT2D eigenvalue weighted by Gasteiger charge is 2.48. The van der Waals surface area contributed by atoms with Gasteiger partial charge in [-0.05, 0) is 35.9 Å². The Kier molecular flexibility index (Phi) is 7.44. The minimum atomic E-state index is -0.876. The van der Waals surface area contributed by atoms with Crippen LogP contribution in [0.15, 0.2) is 42.5 Å². The predicted molar refractivity (Wildman–Crippen MR) is 126 cm³/mol. The van der Waals surface area contributed by atoms with Crippen molar-refractivity contribution < 1.29 is 14.4 Å². The number of halogens is 3. The average Bonchev–Trinajstić information content (AvgIpc) is 2.99. The summed E-state index contributed by atoms with van der Waals surface area (Å²) in [5.41, 5.74) is 1.47. The van der Waals surface area contributed by atoms with Crippen LogP contribution in [0.2, 0.25) is 10.0 Å². The van der Waals surface area contributed by atoms with E-state index in [1.165, 1.54) is 28.0 Å². The van der Waals surface area contributed by atoms with Gasteiger partial charge in [-0.15, -0.1) is 0 Å². The molecular formula is C22H19BrCl2N4O3. The van der Waals surface area contributed by atoms with Gasteiger partial charge in [-0.25, -0.2) is 9.69 Å². The molecule has 0 saturated carbocycles. The van der Waals surface area contributed by atoms with E-state index in [-0.39, 0.29) is 23.5 Å². The lowest BCUT2D eigenvalue weighted by atomic mass is 9.89. The normalized spacial score (nSPS) is 16.8. The van der Waals surface area contributed by atoms with Gasteiger partial charge < -0.3 is 9.80 Å². The number of amides is 4. The number of benzene rings is 2. The summed E-state index contributed by atoms with van der Waals surface area (Å²) in [4.78, 5) is 42.7. The van der Waals surface area contributed by atoms with Crippen molar-refractivity contribution in [3.05, 3.63) is 63.6 Å². The lowest BCUT2D eigenvalue weighted by molar-refractivity contribution is -0.128. The summed E-state index contributed by atoms with van der Waals surface area (Å²) >= 11 is 15.3. The number of nitriles is 1. The third-order valence-electron chi connectivity index (χ3n) is 5.35. The highest BCUT2D eigenvalue weighted by molar-refractivity contribution is 9.09. The Labute approximate surface area is 204 Å². The molecule has 10 heteroatoms. The highest BCUT2D eigenvalue weighted by atomic mass is 79.9. The third-order valence-corrected chi connectivity index (χ3v) is 6.27.